The molecule has 0 spiro atoms. The molecule has 1 aromatic rings. The van der Waals surface area contributed by atoms with Gasteiger partial charge in [0.05, 0.1) is 5.56 Å². The smallest absolute Gasteiger partial charge is 0.346 e. The lowest BCUT2D eigenvalue weighted by Gasteiger charge is -2.17. The van der Waals surface area contributed by atoms with E-state index in [1.165, 1.54) is 0 Å². The van der Waals surface area contributed by atoms with Gasteiger partial charge in [-0.1, -0.05) is 13.8 Å². The number of amides is 1. The monoisotopic (exact) mass is 313 g/mol. The Hall–Kier alpha value is -1.83. The van der Waals surface area contributed by atoms with E-state index >= 15 is 0 Å². The number of carbonyl (C=O) groups excluding carboxylic acids is 1. The van der Waals surface area contributed by atoms with Gasteiger partial charge in [0.15, 0.2) is 0 Å². The number of aryl methyl sites for hydroxylation is 1. The van der Waals surface area contributed by atoms with Gasteiger partial charge in [0.2, 0.25) is 0 Å². The number of nitrogens with one attached hydrogen (secondary N) is 2. The number of aromatic amines is 1. The fourth-order valence-corrected chi connectivity index (χ4v) is 2.52. The molecule has 0 saturated heterocycles. The molecule has 8 heteroatoms. The Labute approximate surface area is 126 Å². The first-order valence-corrected chi connectivity index (χ1v) is 7.67. The summed E-state index contributed by atoms with van der Waals surface area (Å²) >= 11 is 1.16. The van der Waals surface area contributed by atoms with E-state index in [1.54, 1.807) is 13.2 Å². The van der Waals surface area contributed by atoms with Crippen molar-refractivity contribution < 1.29 is 14.7 Å². The number of thioether (sulfide) groups is 1. The number of carboxylic acids is 1. The van der Waals surface area contributed by atoms with E-state index in [0.717, 1.165) is 11.8 Å². The summed E-state index contributed by atoms with van der Waals surface area (Å²) in [5.74, 6) is -1.51. The molecule has 7 nitrogen and oxygen atoms in total. The summed E-state index contributed by atoms with van der Waals surface area (Å²) < 4.78 is 0. The largest absolute Gasteiger partial charge is 0.480 e. The van der Waals surface area contributed by atoms with Gasteiger partial charge in [0.1, 0.15) is 11.1 Å². The topological polar surface area (TPSA) is 112 Å². The molecule has 116 valence electrons. The number of rotatable bonds is 6. The zero-order chi connectivity index (χ0) is 16.2. The third-order valence-electron chi connectivity index (χ3n) is 2.82. The molecular formula is C13H19N3O4S. The van der Waals surface area contributed by atoms with Crippen molar-refractivity contribution in [1.82, 2.24) is 15.3 Å². The lowest BCUT2D eigenvalue weighted by atomic mass is 10.0. The number of carbonyl (C=O) groups is 2. The van der Waals surface area contributed by atoms with Gasteiger partial charge in [-0.25, -0.2) is 9.59 Å². The highest BCUT2D eigenvalue weighted by Gasteiger charge is 2.24. The molecule has 1 amide bonds. The van der Waals surface area contributed by atoms with Crippen LogP contribution < -0.4 is 11.0 Å². The van der Waals surface area contributed by atoms with Crippen LogP contribution in [-0.2, 0) is 4.79 Å². The third-order valence-corrected chi connectivity index (χ3v) is 3.50. The van der Waals surface area contributed by atoms with Crippen molar-refractivity contribution in [3.05, 3.63) is 21.7 Å². The molecule has 21 heavy (non-hydrogen) atoms. The highest BCUT2D eigenvalue weighted by molar-refractivity contribution is 7.98. The summed E-state index contributed by atoms with van der Waals surface area (Å²) in [7, 11) is 0. The van der Waals surface area contributed by atoms with Gasteiger partial charge in [-0.3, -0.25) is 4.79 Å². The van der Waals surface area contributed by atoms with E-state index < -0.39 is 23.6 Å². The van der Waals surface area contributed by atoms with Crippen LogP contribution in [0.4, 0.5) is 0 Å². The number of aliphatic carboxylic acids is 1. The maximum atomic E-state index is 12.3. The lowest BCUT2D eigenvalue weighted by molar-refractivity contribution is -0.139. The van der Waals surface area contributed by atoms with Crippen molar-refractivity contribution in [1.29, 1.82) is 0 Å². The summed E-state index contributed by atoms with van der Waals surface area (Å²) in [6.45, 7) is 5.33. The molecule has 1 rings (SSSR count). The van der Waals surface area contributed by atoms with E-state index in [9.17, 15) is 14.4 Å². The Bertz CT molecular complexity index is 598. The normalized spacial score (nSPS) is 12.2. The van der Waals surface area contributed by atoms with Crippen molar-refractivity contribution in [3.63, 3.8) is 0 Å². The average Bonchev–Trinajstić information content (AvgIpc) is 2.35. The predicted octanol–water partition coefficient (Wildman–Crippen LogP) is 1.03. The van der Waals surface area contributed by atoms with Crippen LogP contribution in [0.5, 0.6) is 0 Å². The summed E-state index contributed by atoms with van der Waals surface area (Å²) in [5, 5.41) is 11.9. The van der Waals surface area contributed by atoms with Gasteiger partial charge >= 0.3 is 11.7 Å². The molecular weight excluding hydrogens is 294 g/mol. The minimum Gasteiger partial charge on any atom is -0.480 e. The number of hydrogen-bond donors (Lipinski definition) is 3. The van der Waals surface area contributed by atoms with Crippen LogP contribution >= 0.6 is 11.8 Å². The van der Waals surface area contributed by atoms with E-state index in [4.69, 9.17) is 5.11 Å². The molecule has 0 bridgehead atoms. The SMILES string of the molecule is CSc1nc(=O)[nH]c(C)c1C(=O)N[C@H](CC(C)C)C(=O)O. The van der Waals surface area contributed by atoms with Gasteiger partial charge in [0.25, 0.3) is 5.91 Å². The van der Waals surface area contributed by atoms with Gasteiger partial charge in [0, 0.05) is 5.69 Å². The van der Waals surface area contributed by atoms with Crippen LogP contribution in [-0.4, -0.2) is 39.2 Å². The molecule has 3 N–H and O–H groups in total. The molecule has 0 unspecified atom stereocenters. The second-order valence-electron chi connectivity index (χ2n) is 5.05. The van der Waals surface area contributed by atoms with E-state index in [2.05, 4.69) is 15.3 Å². The van der Waals surface area contributed by atoms with Crippen LogP contribution in [0.15, 0.2) is 9.82 Å². The molecule has 1 heterocycles. The maximum Gasteiger partial charge on any atom is 0.346 e. The number of hydrogen-bond acceptors (Lipinski definition) is 5. The van der Waals surface area contributed by atoms with E-state index in [0.29, 0.717) is 12.1 Å². The third kappa shape index (κ3) is 4.59. The van der Waals surface area contributed by atoms with Crippen LogP contribution in [0.1, 0.15) is 36.3 Å². The van der Waals surface area contributed by atoms with Crippen LogP contribution in [0.2, 0.25) is 0 Å². The highest BCUT2D eigenvalue weighted by atomic mass is 32.2. The van der Waals surface area contributed by atoms with E-state index in [-0.39, 0.29) is 16.5 Å². The predicted molar refractivity (Wildman–Crippen MR) is 79.7 cm³/mol. The molecule has 0 aromatic carbocycles. The van der Waals surface area contributed by atoms with E-state index in [1.807, 2.05) is 13.8 Å². The average molecular weight is 313 g/mol. The fraction of sp³-hybridized carbons (Fsp3) is 0.538. The number of nitrogens with zero attached hydrogens (tertiary/aromatic N) is 1. The summed E-state index contributed by atoms with van der Waals surface area (Å²) in [6, 6.07) is -0.974. The number of aromatic nitrogens is 2. The first-order valence-electron chi connectivity index (χ1n) is 6.44. The molecule has 1 atom stereocenters. The van der Waals surface area contributed by atoms with Gasteiger partial charge in [-0.05, 0) is 25.5 Å². The fourth-order valence-electron chi connectivity index (χ4n) is 1.90. The Balaban J connectivity index is 3.08. The van der Waals surface area contributed by atoms with Crippen LogP contribution in [0.25, 0.3) is 0 Å². The second kappa shape index (κ2) is 7.26. The van der Waals surface area contributed by atoms with Crippen molar-refractivity contribution in [3.8, 4) is 0 Å². The Kier molecular flexibility index (Phi) is 5.95. The lowest BCUT2D eigenvalue weighted by Crippen LogP contribution is -2.42. The van der Waals surface area contributed by atoms with Crippen LogP contribution in [0.3, 0.4) is 0 Å². The standard InChI is InChI=1S/C13H19N3O4S/c1-6(2)5-8(12(18)19)15-10(17)9-7(3)14-13(20)16-11(9)21-4/h6,8H,5H2,1-4H3,(H,15,17)(H,18,19)(H,14,16,20)/t8-/m1/s1. The highest BCUT2D eigenvalue weighted by Crippen LogP contribution is 2.18. The quantitative estimate of drug-likeness (QED) is 0.534. The first kappa shape index (κ1) is 17.2. The second-order valence-corrected chi connectivity index (χ2v) is 5.84. The minimum absolute atomic E-state index is 0.126. The molecule has 0 saturated carbocycles. The Morgan fingerprint density at radius 2 is 2.05 bits per heavy atom. The molecule has 0 radical (unpaired) electrons. The summed E-state index contributed by atoms with van der Waals surface area (Å²) in [4.78, 5) is 41.0. The molecule has 0 fully saturated rings. The zero-order valence-electron chi connectivity index (χ0n) is 12.4. The van der Waals surface area contributed by atoms with Crippen molar-refractivity contribution in [2.24, 2.45) is 5.92 Å². The van der Waals surface area contributed by atoms with Gasteiger partial charge < -0.3 is 15.4 Å². The summed E-state index contributed by atoms with van der Waals surface area (Å²) in [5.41, 5.74) is 0.0352. The first-order chi connectivity index (χ1) is 9.76. The van der Waals surface area contributed by atoms with Gasteiger partial charge in [-0.2, -0.15) is 4.98 Å². The molecule has 0 aliphatic rings. The molecule has 0 aliphatic carbocycles. The maximum absolute atomic E-state index is 12.3. The molecule has 0 aliphatic heterocycles. The minimum atomic E-state index is -1.09. The summed E-state index contributed by atoms with van der Waals surface area (Å²) in [6.07, 6.45) is 2.02. The van der Waals surface area contributed by atoms with Gasteiger partial charge in [-0.15, -0.1) is 11.8 Å². The van der Waals surface area contributed by atoms with Crippen molar-refractivity contribution in [2.45, 2.75) is 38.3 Å². The number of carboxylic acid groups (broad SMARTS) is 1. The van der Waals surface area contributed by atoms with Crippen LogP contribution in [0, 0.1) is 12.8 Å². The van der Waals surface area contributed by atoms with Crippen molar-refractivity contribution in [2.75, 3.05) is 6.26 Å². The Morgan fingerprint density at radius 1 is 1.43 bits per heavy atom. The Morgan fingerprint density at radius 3 is 2.52 bits per heavy atom. The number of H-pyrrole nitrogens is 1. The van der Waals surface area contributed by atoms with Crippen molar-refractivity contribution >= 4 is 23.6 Å². The zero-order valence-corrected chi connectivity index (χ0v) is 13.2. The molecule has 1 aromatic heterocycles.